The summed E-state index contributed by atoms with van der Waals surface area (Å²) in [5.41, 5.74) is 17.0. The first-order valence-corrected chi connectivity index (χ1v) is 20.2. The molecule has 0 atom stereocenters. The number of para-hydroxylation sites is 2. The van der Waals surface area contributed by atoms with Gasteiger partial charge in [-0.2, -0.15) is 0 Å². The van der Waals surface area contributed by atoms with Gasteiger partial charge in [0.05, 0.1) is 16.7 Å². The van der Waals surface area contributed by atoms with Crippen molar-refractivity contribution in [2.45, 2.75) is 12.8 Å². The van der Waals surface area contributed by atoms with Crippen LogP contribution in [-0.4, -0.2) is 4.57 Å². The Labute approximate surface area is 339 Å². The highest BCUT2D eigenvalue weighted by Gasteiger charge is 2.19. The van der Waals surface area contributed by atoms with Gasteiger partial charge in [0.2, 0.25) is 0 Å². The van der Waals surface area contributed by atoms with E-state index < -0.39 is 0 Å². The number of anilines is 3. The molecule has 1 aromatic heterocycles. The van der Waals surface area contributed by atoms with E-state index in [1.54, 1.807) is 0 Å². The standard InChI is InChI=1S/C56H40N2/c1-2-13-42(14-3-1)51-20-8-10-23-54(51)57(47-35-29-43(30-36-47)50-22-12-18-41-15-6-7-19-49(41)50)46-31-25-39(26-32-46)40-27-33-48(34-28-40)58-55-24-11-9-21-52(55)53-37-44-16-4-5-17-45(44)38-56(53)58/h1-5,7-14,16-38H,6,15H2. The fraction of sp³-hybridized carbons (Fsp3) is 0.0357. The van der Waals surface area contributed by atoms with Crippen LogP contribution in [0.2, 0.25) is 0 Å². The molecule has 9 aromatic carbocycles. The number of hydrogen-bond acceptors (Lipinski definition) is 1. The third-order valence-electron chi connectivity index (χ3n) is 11.9. The van der Waals surface area contributed by atoms with Gasteiger partial charge in [0.15, 0.2) is 0 Å². The molecule has 2 nitrogen and oxygen atoms in total. The van der Waals surface area contributed by atoms with E-state index >= 15 is 0 Å². The van der Waals surface area contributed by atoms with Gasteiger partial charge in [-0.1, -0.05) is 158 Å². The number of aryl methyl sites for hydroxylation is 1. The van der Waals surface area contributed by atoms with E-state index in [1.807, 2.05) is 0 Å². The maximum atomic E-state index is 2.40. The van der Waals surface area contributed by atoms with Gasteiger partial charge in [-0.05, 0) is 123 Å². The number of fused-ring (bicyclic) bond motifs is 5. The third-order valence-corrected chi connectivity index (χ3v) is 11.9. The summed E-state index contributed by atoms with van der Waals surface area (Å²) in [6.45, 7) is 0. The molecule has 0 saturated carbocycles. The second-order valence-corrected chi connectivity index (χ2v) is 15.2. The molecule has 0 spiro atoms. The molecule has 0 N–H and O–H groups in total. The molecule has 274 valence electrons. The molecular formula is C56H40N2. The lowest BCUT2D eigenvalue weighted by Crippen LogP contribution is -2.11. The van der Waals surface area contributed by atoms with Gasteiger partial charge < -0.3 is 9.47 Å². The summed E-state index contributed by atoms with van der Waals surface area (Å²) in [6, 6.07) is 75.4. The van der Waals surface area contributed by atoms with Gasteiger partial charge in [-0.25, -0.2) is 0 Å². The molecule has 1 aliphatic rings. The maximum Gasteiger partial charge on any atom is 0.0547 e. The van der Waals surface area contributed by atoms with Crippen molar-refractivity contribution in [1.29, 1.82) is 0 Å². The van der Waals surface area contributed by atoms with Crippen molar-refractivity contribution < 1.29 is 0 Å². The van der Waals surface area contributed by atoms with Crippen molar-refractivity contribution in [3.05, 3.63) is 223 Å². The van der Waals surface area contributed by atoms with E-state index in [0.29, 0.717) is 0 Å². The molecule has 58 heavy (non-hydrogen) atoms. The third kappa shape index (κ3) is 5.90. The summed E-state index contributed by atoms with van der Waals surface area (Å²) in [7, 11) is 0. The van der Waals surface area contributed by atoms with E-state index in [2.05, 4.69) is 228 Å². The fourth-order valence-corrected chi connectivity index (χ4v) is 9.01. The molecule has 0 radical (unpaired) electrons. The smallest absolute Gasteiger partial charge is 0.0547 e. The van der Waals surface area contributed by atoms with Gasteiger partial charge >= 0.3 is 0 Å². The lowest BCUT2D eigenvalue weighted by molar-refractivity contribution is 0.986. The zero-order valence-electron chi connectivity index (χ0n) is 32.1. The van der Waals surface area contributed by atoms with Crippen LogP contribution in [0.1, 0.15) is 17.5 Å². The van der Waals surface area contributed by atoms with Gasteiger partial charge in [0.1, 0.15) is 0 Å². The second-order valence-electron chi connectivity index (χ2n) is 15.2. The highest BCUT2D eigenvalue weighted by molar-refractivity contribution is 6.13. The zero-order chi connectivity index (χ0) is 38.4. The average Bonchev–Trinajstić information content (AvgIpc) is 3.62. The van der Waals surface area contributed by atoms with E-state index in [9.17, 15) is 0 Å². The second kappa shape index (κ2) is 14.3. The van der Waals surface area contributed by atoms with Gasteiger partial charge in [0.25, 0.3) is 0 Å². The van der Waals surface area contributed by atoms with Crippen LogP contribution in [0.3, 0.4) is 0 Å². The molecule has 10 aromatic rings. The minimum absolute atomic E-state index is 1.10. The van der Waals surface area contributed by atoms with Crippen LogP contribution in [0.5, 0.6) is 0 Å². The molecule has 0 bridgehead atoms. The van der Waals surface area contributed by atoms with Gasteiger partial charge in [-0.15, -0.1) is 0 Å². The van der Waals surface area contributed by atoms with Crippen LogP contribution < -0.4 is 4.90 Å². The molecule has 1 heterocycles. The number of aromatic nitrogens is 1. The quantitative estimate of drug-likeness (QED) is 0.158. The monoisotopic (exact) mass is 740 g/mol. The van der Waals surface area contributed by atoms with Crippen molar-refractivity contribution in [2.24, 2.45) is 0 Å². The predicted octanol–water partition coefficient (Wildman–Crippen LogP) is 15.4. The van der Waals surface area contributed by atoms with Crippen LogP contribution in [0.15, 0.2) is 212 Å². The fourth-order valence-electron chi connectivity index (χ4n) is 9.01. The van der Waals surface area contributed by atoms with Crippen molar-refractivity contribution in [3.8, 4) is 39.1 Å². The molecule has 1 aliphatic carbocycles. The molecular weight excluding hydrogens is 701 g/mol. The summed E-state index contributed by atoms with van der Waals surface area (Å²) < 4.78 is 2.40. The van der Waals surface area contributed by atoms with E-state index in [0.717, 1.165) is 35.6 Å². The number of hydrogen-bond donors (Lipinski definition) is 0. The van der Waals surface area contributed by atoms with Crippen molar-refractivity contribution >= 4 is 55.7 Å². The van der Waals surface area contributed by atoms with Crippen LogP contribution >= 0.6 is 0 Å². The van der Waals surface area contributed by atoms with E-state index in [1.165, 1.54) is 77.1 Å². The van der Waals surface area contributed by atoms with Gasteiger partial charge in [0, 0.05) is 33.4 Å². The van der Waals surface area contributed by atoms with Crippen molar-refractivity contribution in [1.82, 2.24) is 4.57 Å². The lowest BCUT2D eigenvalue weighted by Gasteiger charge is -2.28. The Morgan fingerprint density at radius 1 is 0.414 bits per heavy atom. The Morgan fingerprint density at radius 3 is 1.79 bits per heavy atom. The Morgan fingerprint density at radius 2 is 1.02 bits per heavy atom. The largest absolute Gasteiger partial charge is 0.310 e. The first-order valence-electron chi connectivity index (χ1n) is 20.2. The van der Waals surface area contributed by atoms with E-state index in [-0.39, 0.29) is 0 Å². The first-order chi connectivity index (χ1) is 28.8. The molecule has 0 aliphatic heterocycles. The minimum Gasteiger partial charge on any atom is -0.310 e. The highest BCUT2D eigenvalue weighted by Crippen LogP contribution is 2.43. The average molecular weight is 741 g/mol. The molecule has 0 saturated heterocycles. The predicted molar refractivity (Wildman–Crippen MR) is 247 cm³/mol. The van der Waals surface area contributed by atoms with E-state index in [4.69, 9.17) is 0 Å². The normalized spacial score (nSPS) is 12.3. The molecule has 0 unspecified atom stereocenters. The zero-order valence-corrected chi connectivity index (χ0v) is 32.1. The number of rotatable bonds is 7. The topological polar surface area (TPSA) is 8.17 Å². The van der Waals surface area contributed by atoms with Crippen molar-refractivity contribution in [2.75, 3.05) is 4.90 Å². The summed E-state index contributed by atoms with van der Waals surface area (Å²) in [5.74, 6) is 0. The molecule has 2 heteroatoms. The van der Waals surface area contributed by atoms with Crippen LogP contribution in [0, 0.1) is 0 Å². The molecule has 0 fully saturated rings. The minimum atomic E-state index is 1.10. The molecule has 0 amide bonds. The number of allylic oxidation sites excluding steroid dienone is 1. The van der Waals surface area contributed by atoms with Gasteiger partial charge in [-0.3, -0.25) is 0 Å². The number of benzene rings is 9. The van der Waals surface area contributed by atoms with Crippen LogP contribution in [0.4, 0.5) is 17.1 Å². The van der Waals surface area contributed by atoms with Crippen LogP contribution in [0.25, 0.3) is 77.7 Å². The summed E-state index contributed by atoms with van der Waals surface area (Å²) >= 11 is 0. The Balaban J connectivity index is 0.969. The Bertz CT molecular complexity index is 3130. The van der Waals surface area contributed by atoms with Crippen LogP contribution in [-0.2, 0) is 6.42 Å². The van der Waals surface area contributed by atoms with Crippen molar-refractivity contribution in [3.63, 3.8) is 0 Å². The SMILES string of the molecule is C1=Cc2c(cccc2-c2ccc(N(c3ccc(-c4ccc(-n5c6ccccc6c6cc7ccccc7cc65)cc4)cc3)c3ccccc3-c3ccccc3)cc2)CC1. The number of nitrogens with zero attached hydrogens (tertiary/aromatic N) is 2. The summed E-state index contributed by atoms with van der Waals surface area (Å²) in [6.07, 6.45) is 6.80. The lowest BCUT2D eigenvalue weighted by atomic mass is 9.90. The highest BCUT2D eigenvalue weighted by atomic mass is 15.1. The Kier molecular flexibility index (Phi) is 8.33. The first kappa shape index (κ1) is 33.9. The maximum absolute atomic E-state index is 2.40. The summed E-state index contributed by atoms with van der Waals surface area (Å²) in [4.78, 5) is 2.39. The Hall–Kier alpha value is -7.42. The molecule has 11 rings (SSSR count). The summed E-state index contributed by atoms with van der Waals surface area (Å²) in [5, 5.41) is 5.06.